The summed E-state index contributed by atoms with van der Waals surface area (Å²) in [6.07, 6.45) is 0.213. The van der Waals surface area contributed by atoms with Gasteiger partial charge in [0.25, 0.3) is 0 Å². The molecule has 1 atom stereocenters. The molecular weight excluding hydrogens is 452 g/mol. The van der Waals surface area contributed by atoms with Crippen LogP contribution in [-0.4, -0.2) is 55.8 Å². The molecule has 28 heavy (non-hydrogen) atoms. The maximum Gasteiger partial charge on any atom is 0.414 e. The lowest BCUT2D eigenvalue weighted by Crippen LogP contribution is -2.36. The molecule has 1 N–H and O–H groups in total. The van der Waals surface area contributed by atoms with Gasteiger partial charge in [-0.2, -0.15) is 0 Å². The molecular formula is C16H16Cl2FN3O4S2. The van der Waals surface area contributed by atoms with E-state index < -0.39 is 32.7 Å². The number of carbonyl (C=O) groups excluding carboxylic acids is 1. The Morgan fingerprint density at radius 2 is 2.18 bits per heavy atom. The van der Waals surface area contributed by atoms with Crippen molar-refractivity contribution < 1.29 is 22.3 Å². The van der Waals surface area contributed by atoms with Gasteiger partial charge in [-0.3, -0.25) is 4.90 Å². The summed E-state index contributed by atoms with van der Waals surface area (Å²) in [6.45, 7) is 0.575. The van der Waals surface area contributed by atoms with E-state index in [2.05, 4.69) is 5.32 Å². The number of rotatable bonds is 5. The molecule has 1 fully saturated rings. The molecule has 1 aromatic carbocycles. The first-order valence-corrected chi connectivity index (χ1v) is 11.2. The molecule has 0 bridgehead atoms. The lowest BCUT2D eigenvalue weighted by Gasteiger charge is -2.24. The number of anilines is 2. The second-order valence-electron chi connectivity index (χ2n) is 6.14. The van der Waals surface area contributed by atoms with Crippen molar-refractivity contribution in [2.75, 3.05) is 35.2 Å². The Labute approximate surface area is 176 Å². The predicted molar refractivity (Wildman–Crippen MR) is 110 cm³/mol. The molecule has 7 nitrogen and oxygen atoms in total. The Hall–Kier alpha value is -1.62. The number of hydrogen-bond donors (Lipinski definition) is 1. The van der Waals surface area contributed by atoms with Crippen molar-refractivity contribution in [1.82, 2.24) is 5.32 Å². The van der Waals surface area contributed by atoms with Gasteiger partial charge in [-0.15, -0.1) is 0 Å². The number of nitrogens with zero attached hydrogens (tertiary/aromatic N) is 2. The van der Waals surface area contributed by atoms with Crippen molar-refractivity contribution in [3.63, 3.8) is 0 Å². The van der Waals surface area contributed by atoms with E-state index >= 15 is 0 Å². The van der Waals surface area contributed by atoms with Crippen LogP contribution in [0.2, 0.25) is 0 Å². The zero-order chi connectivity index (χ0) is 20.5. The molecule has 0 aromatic heterocycles. The van der Waals surface area contributed by atoms with Gasteiger partial charge in [0.15, 0.2) is 14.7 Å². The van der Waals surface area contributed by atoms with E-state index in [1.807, 2.05) is 0 Å². The van der Waals surface area contributed by atoms with Gasteiger partial charge in [0.2, 0.25) is 0 Å². The molecule has 2 aliphatic rings. The second-order valence-corrected chi connectivity index (χ2v) is 9.69. The van der Waals surface area contributed by atoms with Crippen LogP contribution < -0.4 is 15.1 Å². The van der Waals surface area contributed by atoms with E-state index in [9.17, 15) is 17.6 Å². The van der Waals surface area contributed by atoms with Crippen molar-refractivity contribution in [1.29, 1.82) is 0 Å². The predicted octanol–water partition coefficient (Wildman–Crippen LogP) is 2.58. The van der Waals surface area contributed by atoms with Gasteiger partial charge < -0.3 is 15.0 Å². The number of ether oxygens (including phenoxy) is 1. The summed E-state index contributed by atoms with van der Waals surface area (Å²) in [5, 5.41) is 3.86. The lowest BCUT2D eigenvalue weighted by atomic mass is 10.2. The van der Waals surface area contributed by atoms with Crippen LogP contribution in [0.15, 0.2) is 29.8 Å². The maximum atomic E-state index is 14.6. The van der Waals surface area contributed by atoms with Crippen LogP contribution in [0.1, 0.15) is 0 Å². The molecule has 0 aliphatic carbocycles. The Morgan fingerprint density at radius 3 is 2.79 bits per heavy atom. The molecule has 1 saturated heterocycles. The fourth-order valence-electron chi connectivity index (χ4n) is 2.76. The van der Waals surface area contributed by atoms with Crippen molar-refractivity contribution in [3.05, 3.63) is 35.6 Å². The maximum absolute atomic E-state index is 14.6. The summed E-state index contributed by atoms with van der Waals surface area (Å²) >= 11 is 16.2. The standard InChI is InChI=1S/C16H16Cl2FN3O4S2/c17-14(18)15(27)20-8-11-9-22(16(23)26-11)10-1-2-13(12(19)7-10)21-3-5-28(24,25)6-4-21/h1-3,5,7,11,14H,4,6,8-9H2,(H,20,27)/t11-/m0/s1. The van der Waals surface area contributed by atoms with E-state index in [4.69, 9.17) is 40.2 Å². The van der Waals surface area contributed by atoms with Crippen molar-refractivity contribution in [2.24, 2.45) is 0 Å². The highest BCUT2D eigenvalue weighted by molar-refractivity contribution is 7.94. The van der Waals surface area contributed by atoms with Gasteiger partial charge in [0, 0.05) is 18.2 Å². The molecule has 0 unspecified atom stereocenters. The third-order valence-electron chi connectivity index (χ3n) is 4.19. The minimum atomic E-state index is -3.23. The van der Waals surface area contributed by atoms with Gasteiger partial charge in [-0.25, -0.2) is 17.6 Å². The third kappa shape index (κ3) is 4.86. The lowest BCUT2D eigenvalue weighted by molar-refractivity contribution is 0.143. The van der Waals surface area contributed by atoms with Gasteiger partial charge >= 0.3 is 6.09 Å². The number of sulfone groups is 1. The van der Waals surface area contributed by atoms with Crippen molar-refractivity contribution in [3.8, 4) is 0 Å². The van der Waals surface area contributed by atoms with Crippen LogP contribution in [0.3, 0.4) is 0 Å². The highest BCUT2D eigenvalue weighted by Crippen LogP contribution is 2.29. The third-order valence-corrected chi connectivity index (χ3v) is 6.56. The zero-order valence-electron chi connectivity index (χ0n) is 14.3. The van der Waals surface area contributed by atoms with Gasteiger partial charge in [0.05, 0.1) is 30.2 Å². The average Bonchev–Trinajstić information content (AvgIpc) is 3.00. The molecule has 1 amide bonds. The van der Waals surface area contributed by atoms with E-state index in [0.717, 1.165) is 5.41 Å². The number of amides is 1. The SMILES string of the molecule is O=C1O[C@@H](CNC(=S)C(Cl)Cl)CN1c1ccc(N2C=CS(=O)(=O)CC2)c(F)c1. The average molecular weight is 468 g/mol. The Kier molecular flexibility index (Phi) is 6.33. The highest BCUT2D eigenvalue weighted by Gasteiger charge is 2.33. The molecule has 12 heteroatoms. The van der Waals surface area contributed by atoms with E-state index in [0.29, 0.717) is 5.69 Å². The first-order chi connectivity index (χ1) is 13.2. The van der Waals surface area contributed by atoms with E-state index in [-0.39, 0.29) is 36.1 Å². The molecule has 0 saturated carbocycles. The minimum Gasteiger partial charge on any atom is -0.442 e. The molecule has 152 valence electrons. The zero-order valence-corrected chi connectivity index (χ0v) is 17.5. The summed E-state index contributed by atoms with van der Waals surface area (Å²) in [4.78, 5) is 14.3. The molecule has 3 rings (SSSR count). The summed E-state index contributed by atoms with van der Waals surface area (Å²) in [5.74, 6) is -0.672. The normalized spacial score (nSPS) is 21.1. The second kappa shape index (κ2) is 8.40. The molecule has 2 heterocycles. The van der Waals surface area contributed by atoms with Crippen LogP contribution in [0.4, 0.5) is 20.6 Å². The highest BCUT2D eigenvalue weighted by atomic mass is 35.5. The number of nitrogens with one attached hydrogen (secondary N) is 1. The summed E-state index contributed by atoms with van der Waals surface area (Å²) < 4.78 is 42.7. The van der Waals surface area contributed by atoms with Crippen molar-refractivity contribution >= 4 is 67.7 Å². The number of alkyl halides is 2. The summed E-state index contributed by atoms with van der Waals surface area (Å²) in [7, 11) is -3.23. The van der Waals surface area contributed by atoms with Crippen LogP contribution in [0.25, 0.3) is 0 Å². The van der Waals surface area contributed by atoms with E-state index in [1.165, 1.54) is 28.1 Å². The van der Waals surface area contributed by atoms with Crippen LogP contribution in [0, 0.1) is 5.82 Å². The fraction of sp³-hybridized carbons (Fsp3) is 0.375. The number of thiocarbonyl (C=S) groups is 1. The van der Waals surface area contributed by atoms with Crippen LogP contribution in [0.5, 0.6) is 0 Å². The van der Waals surface area contributed by atoms with Crippen LogP contribution >= 0.6 is 35.4 Å². The monoisotopic (exact) mass is 467 g/mol. The fourth-order valence-corrected chi connectivity index (χ4v) is 3.92. The smallest absolute Gasteiger partial charge is 0.414 e. The first-order valence-electron chi connectivity index (χ1n) is 8.17. The largest absolute Gasteiger partial charge is 0.442 e. The summed E-state index contributed by atoms with van der Waals surface area (Å²) in [6, 6.07) is 4.28. The minimum absolute atomic E-state index is 0.0921. The summed E-state index contributed by atoms with van der Waals surface area (Å²) in [5.41, 5.74) is 0.554. The number of cyclic esters (lactones) is 1. The van der Waals surface area contributed by atoms with E-state index in [1.54, 1.807) is 6.07 Å². The van der Waals surface area contributed by atoms with Crippen LogP contribution in [-0.2, 0) is 14.6 Å². The Balaban J connectivity index is 1.68. The van der Waals surface area contributed by atoms with Gasteiger partial charge in [-0.1, -0.05) is 35.4 Å². The number of hydrogen-bond acceptors (Lipinski definition) is 6. The Morgan fingerprint density at radius 1 is 1.43 bits per heavy atom. The van der Waals surface area contributed by atoms with Gasteiger partial charge in [-0.05, 0) is 18.2 Å². The topological polar surface area (TPSA) is 79.0 Å². The molecule has 2 aliphatic heterocycles. The first kappa shape index (κ1) is 21.1. The number of carbonyl (C=O) groups is 1. The Bertz CT molecular complexity index is 926. The van der Waals surface area contributed by atoms with Crippen molar-refractivity contribution in [2.45, 2.75) is 10.9 Å². The number of halogens is 3. The molecule has 0 radical (unpaired) electrons. The quantitative estimate of drug-likeness (QED) is 0.526. The molecule has 0 spiro atoms. The molecule has 1 aromatic rings. The number of benzene rings is 1. The van der Waals surface area contributed by atoms with Gasteiger partial charge in [0.1, 0.15) is 16.9 Å².